The summed E-state index contributed by atoms with van der Waals surface area (Å²) in [5, 5.41) is 54.4. The van der Waals surface area contributed by atoms with Gasteiger partial charge in [-0.15, -0.1) is 0 Å². The molecule has 9 nitrogen and oxygen atoms in total. The highest BCUT2D eigenvalue weighted by Gasteiger charge is 2.44. The van der Waals surface area contributed by atoms with Crippen molar-refractivity contribution in [1.82, 2.24) is 5.32 Å². The number of carbonyl (C=O) groups excluding carboxylic acids is 1. The SMILES string of the molecule is CCCCCCCCCCCC/C=C/CC/C=C/C(O)C(COC1OC(CO)C(O)C(O)C1O)NC(=O)CCCCCCCCCCC/C=C\CCCCCCCCCCCCCC. The predicted molar refractivity (Wildman–Crippen MR) is 267 cm³/mol. The van der Waals surface area contributed by atoms with Crippen LogP contribution in [0.3, 0.4) is 0 Å². The number of rotatable bonds is 46. The Kier molecular flexibility index (Phi) is 42.7. The molecule has 0 bridgehead atoms. The lowest BCUT2D eigenvalue weighted by atomic mass is 9.99. The fraction of sp³-hybridized carbons (Fsp3) is 0.873. The van der Waals surface area contributed by atoms with Crippen LogP contribution in [0.15, 0.2) is 36.5 Å². The maximum absolute atomic E-state index is 13.0. The topological polar surface area (TPSA) is 149 Å². The number of ether oxygens (including phenoxy) is 2. The number of aliphatic hydroxyl groups is 5. The zero-order chi connectivity index (χ0) is 46.6. The van der Waals surface area contributed by atoms with Gasteiger partial charge in [0.05, 0.1) is 25.4 Å². The zero-order valence-electron chi connectivity index (χ0n) is 41.5. The van der Waals surface area contributed by atoms with E-state index in [2.05, 4.69) is 43.5 Å². The molecule has 1 aliphatic rings. The molecule has 376 valence electrons. The summed E-state index contributed by atoms with van der Waals surface area (Å²) in [6, 6.07) is -0.822. The van der Waals surface area contributed by atoms with Crippen molar-refractivity contribution >= 4 is 5.91 Å². The summed E-state index contributed by atoms with van der Waals surface area (Å²) in [6.07, 6.45) is 50.6. The Labute approximate surface area is 393 Å². The second-order valence-corrected chi connectivity index (χ2v) is 19.0. The van der Waals surface area contributed by atoms with Gasteiger partial charge >= 0.3 is 0 Å². The molecule has 6 N–H and O–H groups in total. The summed E-state index contributed by atoms with van der Waals surface area (Å²) in [7, 11) is 0. The van der Waals surface area contributed by atoms with E-state index in [1.165, 1.54) is 193 Å². The zero-order valence-corrected chi connectivity index (χ0v) is 41.5. The fourth-order valence-corrected chi connectivity index (χ4v) is 8.58. The van der Waals surface area contributed by atoms with E-state index in [0.717, 1.165) is 38.5 Å². The molecule has 1 rings (SSSR count). The Balaban J connectivity index is 2.25. The van der Waals surface area contributed by atoms with E-state index in [1.54, 1.807) is 6.08 Å². The third-order valence-corrected chi connectivity index (χ3v) is 12.9. The molecule has 0 aromatic heterocycles. The van der Waals surface area contributed by atoms with Gasteiger partial charge in [0.15, 0.2) is 6.29 Å². The largest absolute Gasteiger partial charge is 0.394 e. The minimum absolute atomic E-state index is 0.187. The quantitative estimate of drug-likeness (QED) is 0.0261. The van der Waals surface area contributed by atoms with Gasteiger partial charge in [0.25, 0.3) is 0 Å². The highest BCUT2D eigenvalue weighted by Crippen LogP contribution is 2.23. The highest BCUT2D eigenvalue weighted by atomic mass is 16.7. The van der Waals surface area contributed by atoms with Crippen molar-refractivity contribution in [2.24, 2.45) is 0 Å². The molecule has 7 unspecified atom stereocenters. The van der Waals surface area contributed by atoms with Crippen LogP contribution in [0.2, 0.25) is 0 Å². The number of aliphatic hydroxyl groups excluding tert-OH is 5. The molecular formula is C55H103NO8. The lowest BCUT2D eigenvalue weighted by molar-refractivity contribution is -0.302. The van der Waals surface area contributed by atoms with Crippen LogP contribution >= 0.6 is 0 Å². The summed E-state index contributed by atoms with van der Waals surface area (Å²) in [4.78, 5) is 13.0. The molecular weight excluding hydrogens is 803 g/mol. The Morgan fingerprint density at radius 2 is 0.891 bits per heavy atom. The Hall–Kier alpha value is -1.59. The molecule has 1 saturated heterocycles. The van der Waals surface area contributed by atoms with Crippen molar-refractivity contribution in [3.05, 3.63) is 36.5 Å². The molecule has 1 fully saturated rings. The first-order chi connectivity index (χ1) is 31.3. The second kappa shape index (κ2) is 45.2. The van der Waals surface area contributed by atoms with Gasteiger partial charge in [-0.05, 0) is 57.8 Å². The van der Waals surface area contributed by atoms with Crippen LogP contribution < -0.4 is 5.32 Å². The first kappa shape index (κ1) is 60.4. The van der Waals surface area contributed by atoms with Crippen molar-refractivity contribution in [2.45, 2.75) is 294 Å². The number of nitrogens with one attached hydrogen (secondary N) is 1. The van der Waals surface area contributed by atoms with Crippen molar-refractivity contribution in [2.75, 3.05) is 13.2 Å². The number of allylic oxidation sites excluding steroid dienone is 5. The van der Waals surface area contributed by atoms with Crippen LogP contribution in [-0.4, -0.2) is 87.5 Å². The normalized spacial score (nSPS) is 20.3. The van der Waals surface area contributed by atoms with E-state index in [1.807, 2.05) is 6.08 Å². The molecule has 0 aromatic carbocycles. The van der Waals surface area contributed by atoms with E-state index >= 15 is 0 Å². The first-order valence-corrected chi connectivity index (χ1v) is 27.2. The van der Waals surface area contributed by atoms with Gasteiger partial charge in [-0.25, -0.2) is 0 Å². The minimum atomic E-state index is -1.57. The third-order valence-electron chi connectivity index (χ3n) is 12.9. The van der Waals surface area contributed by atoms with E-state index < -0.39 is 49.5 Å². The summed E-state index contributed by atoms with van der Waals surface area (Å²) < 4.78 is 11.2. The van der Waals surface area contributed by atoms with E-state index in [4.69, 9.17) is 9.47 Å². The maximum Gasteiger partial charge on any atom is 0.220 e. The van der Waals surface area contributed by atoms with E-state index in [-0.39, 0.29) is 12.5 Å². The monoisotopic (exact) mass is 906 g/mol. The van der Waals surface area contributed by atoms with E-state index in [9.17, 15) is 30.3 Å². The standard InChI is InChI=1S/C55H103NO8/c1-3-5-7-9-11-13-15-17-19-21-22-23-24-25-26-27-28-29-31-33-35-37-39-41-43-45-51(59)56-48(47-63-55-54(62)53(61)52(60)50(46-57)64-55)49(58)44-42-40-38-36-34-32-30-20-18-16-14-12-10-8-6-4-2/h25-26,34,36,42,44,48-50,52-55,57-58,60-62H,3-24,27-33,35,37-41,43,45-47H2,1-2H3,(H,56,59)/b26-25-,36-34+,44-42+. The Bertz CT molecular complexity index is 1100. The van der Waals surface area contributed by atoms with Crippen LogP contribution in [0, 0.1) is 0 Å². The van der Waals surface area contributed by atoms with Crippen LogP contribution in [0.5, 0.6) is 0 Å². The molecule has 1 amide bonds. The number of hydrogen-bond acceptors (Lipinski definition) is 8. The van der Waals surface area contributed by atoms with Crippen LogP contribution in [0.25, 0.3) is 0 Å². The van der Waals surface area contributed by atoms with Gasteiger partial charge in [0.1, 0.15) is 24.4 Å². The Morgan fingerprint density at radius 3 is 1.31 bits per heavy atom. The van der Waals surface area contributed by atoms with Crippen LogP contribution in [-0.2, 0) is 14.3 Å². The highest BCUT2D eigenvalue weighted by molar-refractivity contribution is 5.76. The summed E-state index contributed by atoms with van der Waals surface area (Å²) in [6.45, 7) is 3.78. The summed E-state index contributed by atoms with van der Waals surface area (Å²) in [5.74, 6) is -0.187. The van der Waals surface area contributed by atoms with Gasteiger partial charge in [-0.3, -0.25) is 4.79 Å². The lowest BCUT2D eigenvalue weighted by Gasteiger charge is -2.40. The molecule has 1 heterocycles. The molecule has 0 radical (unpaired) electrons. The van der Waals surface area contributed by atoms with Gasteiger partial charge in [-0.1, -0.05) is 224 Å². The Morgan fingerprint density at radius 1 is 0.516 bits per heavy atom. The maximum atomic E-state index is 13.0. The number of hydrogen-bond donors (Lipinski definition) is 6. The molecule has 9 heteroatoms. The smallest absolute Gasteiger partial charge is 0.220 e. The number of unbranched alkanes of at least 4 members (excludes halogenated alkanes) is 32. The van der Waals surface area contributed by atoms with Crippen LogP contribution in [0.4, 0.5) is 0 Å². The van der Waals surface area contributed by atoms with Crippen molar-refractivity contribution in [3.63, 3.8) is 0 Å². The van der Waals surface area contributed by atoms with Gasteiger partial charge in [0.2, 0.25) is 5.91 Å². The fourth-order valence-electron chi connectivity index (χ4n) is 8.58. The molecule has 0 spiro atoms. The first-order valence-electron chi connectivity index (χ1n) is 27.2. The second-order valence-electron chi connectivity index (χ2n) is 19.0. The van der Waals surface area contributed by atoms with Crippen molar-refractivity contribution < 1.29 is 39.8 Å². The minimum Gasteiger partial charge on any atom is -0.394 e. The molecule has 7 atom stereocenters. The van der Waals surface area contributed by atoms with Gasteiger partial charge in [-0.2, -0.15) is 0 Å². The average molecular weight is 906 g/mol. The average Bonchev–Trinajstić information content (AvgIpc) is 3.29. The van der Waals surface area contributed by atoms with Crippen molar-refractivity contribution in [3.8, 4) is 0 Å². The lowest BCUT2D eigenvalue weighted by Crippen LogP contribution is -2.60. The van der Waals surface area contributed by atoms with Crippen molar-refractivity contribution in [1.29, 1.82) is 0 Å². The predicted octanol–water partition coefficient (Wildman–Crippen LogP) is 12.8. The number of amides is 1. The summed E-state index contributed by atoms with van der Waals surface area (Å²) in [5.41, 5.74) is 0. The van der Waals surface area contributed by atoms with Crippen LogP contribution in [0.1, 0.15) is 251 Å². The number of carbonyl (C=O) groups is 1. The molecule has 1 aliphatic heterocycles. The van der Waals surface area contributed by atoms with E-state index in [0.29, 0.717) is 6.42 Å². The van der Waals surface area contributed by atoms with Gasteiger partial charge in [0, 0.05) is 6.42 Å². The molecule has 0 saturated carbocycles. The molecule has 64 heavy (non-hydrogen) atoms. The molecule has 0 aromatic rings. The molecule has 0 aliphatic carbocycles. The summed E-state index contributed by atoms with van der Waals surface area (Å²) >= 11 is 0. The third kappa shape index (κ3) is 34.7. The van der Waals surface area contributed by atoms with Gasteiger partial charge < -0.3 is 40.3 Å².